The molecular weight excluding hydrogens is 256 g/mol. The normalized spacial score (nSPS) is 10.4. The van der Waals surface area contributed by atoms with Gasteiger partial charge in [0, 0.05) is 11.1 Å². The van der Waals surface area contributed by atoms with E-state index in [1.54, 1.807) is 25.6 Å². The SMILES string of the molecule is COc1ccccc1-c1c(-c2ccnnc2)noc1N. The fraction of sp³-hybridized carbons (Fsp3) is 0.0714. The molecule has 100 valence electrons. The van der Waals surface area contributed by atoms with Crippen LogP contribution in [0.25, 0.3) is 22.4 Å². The van der Waals surface area contributed by atoms with Crippen LogP contribution in [-0.4, -0.2) is 22.5 Å². The van der Waals surface area contributed by atoms with E-state index in [-0.39, 0.29) is 5.88 Å². The van der Waals surface area contributed by atoms with Gasteiger partial charge in [-0.2, -0.15) is 10.2 Å². The van der Waals surface area contributed by atoms with Crippen LogP contribution in [0.3, 0.4) is 0 Å². The van der Waals surface area contributed by atoms with Gasteiger partial charge in [0.15, 0.2) is 0 Å². The van der Waals surface area contributed by atoms with Crippen LogP contribution < -0.4 is 10.5 Å². The standard InChI is InChI=1S/C14H12N4O2/c1-19-11-5-3-2-4-10(11)12-13(18-20-14(12)15)9-6-7-16-17-8-9/h2-8H,15H2,1H3. The number of nitrogen functional groups attached to an aromatic ring is 1. The van der Waals surface area contributed by atoms with Crippen LogP contribution in [0.4, 0.5) is 5.88 Å². The number of nitrogens with zero attached hydrogens (tertiary/aromatic N) is 3. The molecule has 2 N–H and O–H groups in total. The van der Waals surface area contributed by atoms with E-state index in [9.17, 15) is 0 Å². The zero-order valence-corrected chi connectivity index (χ0v) is 10.8. The molecular formula is C14H12N4O2. The van der Waals surface area contributed by atoms with Crippen molar-refractivity contribution in [3.63, 3.8) is 0 Å². The third kappa shape index (κ3) is 1.97. The van der Waals surface area contributed by atoms with Gasteiger partial charge in [-0.25, -0.2) is 0 Å². The molecule has 2 heterocycles. The van der Waals surface area contributed by atoms with Crippen LogP contribution in [0.1, 0.15) is 0 Å². The predicted molar refractivity (Wildman–Crippen MR) is 73.9 cm³/mol. The second-order valence-corrected chi connectivity index (χ2v) is 4.10. The van der Waals surface area contributed by atoms with E-state index in [0.717, 1.165) is 11.1 Å². The quantitative estimate of drug-likeness (QED) is 0.784. The average Bonchev–Trinajstić information content (AvgIpc) is 2.89. The molecule has 0 saturated heterocycles. The molecule has 20 heavy (non-hydrogen) atoms. The van der Waals surface area contributed by atoms with Crippen molar-refractivity contribution in [2.75, 3.05) is 12.8 Å². The molecule has 0 fully saturated rings. The smallest absolute Gasteiger partial charge is 0.230 e. The molecule has 0 saturated carbocycles. The van der Waals surface area contributed by atoms with Gasteiger partial charge in [0.05, 0.1) is 25.1 Å². The number of nitrogens with two attached hydrogens (primary N) is 1. The highest BCUT2D eigenvalue weighted by molar-refractivity contribution is 5.89. The Labute approximate surface area is 115 Å². The molecule has 0 spiro atoms. The summed E-state index contributed by atoms with van der Waals surface area (Å²) in [6.07, 6.45) is 3.20. The van der Waals surface area contributed by atoms with E-state index in [1.165, 1.54) is 0 Å². The van der Waals surface area contributed by atoms with E-state index in [4.69, 9.17) is 15.0 Å². The number of aromatic nitrogens is 3. The van der Waals surface area contributed by atoms with Crippen LogP contribution in [-0.2, 0) is 0 Å². The molecule has 0 unspecified atom stereocenters. The third-order valence-electron chi connectivity index (χ3n) is 2.95. The van der Waals surface area contributed by atoms with Gasteiger partial charge in [0.2, 0.25) is 5.88 Å². The van der Waals surface area contributed by atoms with E-state index in [0.29, 0.717) is 17.0 Å². The number of benzene rings is 1. The first-order valence-corrected chi connectivity index (χ1v) is 5.97. The van der Waals surface area contributed by atoms with E-state index in [2.05, 4.69) is 15.4 Å². The minimum absolute atomic E-state index is 0.237. The van der Waals surface area contributed by atoms with E-state index >= 15 is 0 Å². The second kappa shape index (κ2) is 5.00. The Hall–Kier alpha value is -2.89. The lowest BCUT2D eigenvalue weighted by Crippen LogP contribution is -1.92. The van der Waals surface area contributed by atoms with Gasteiger partial charge in [-0.15, -0.1) is 0 Å². The number of hydrogen-bond acceptors (Lipinski definition) is 6. The van der Waals surface area contributed by atoms with Gasteiger partial charge < -0.3 is 15.0 Å². The first kappa shape index (κ1) is 12.2. The lowest BCUT2D eigenvalue weighted by Gasteiger charge is -2.08. The summed E-state index contributed by atoms with van der Waals surface area (Å²) in [4.78, 5) is 0. The van der Waals surface area contributed by atoms with E-state index < -0.39 is 0 Å². The van der Waals surface area contributed by atoms with Crippen LogP contribution in [0.15, 0.2) is 47.2 Å². The molecule has 0 amide bonds. The van der Waals surface area contributed by atoms with Gasteiger partial charge in [-0.1, -0.05) is 23.4 Å². The Balaban J connectivity index is 2.22. The van der Waals surface area contributed by atoms with Crippen molar-refractivity contribution in [2.45, 2.75) is 0 Å². The molecule has 0 aliphatic heterocycles. The zero-order valence-electron chi connectivity index (χ0n) is 10.8. The zero-order chi connectivity index (χ0) is 13.9. The van der Waals surface area contributed by atoms with Crippen molar-refractivity contribution >= 4 is 5.88 Å². The molecule has 0 atom stereocenters. The molecule has 3 aromatic rings. The molecule has 0 aliphatic carbocycles. The largest absolute Gasteiger partial charge is 0.496 e. The Morgan fingerprint density at radius 3 is 2.75 bits per heavy atom. The Morgan fingerprint density at radius 1 is 1.15 bits per heavy atom. The summed E-state index contributed by atoms with van der Waals surface area (Å²) in [7, 11) is 1.61. The van der Waals surface area contributed by atoms with Crippen molar-refractivity contribution in [2.24, 2.45) is 0 Å². The monoisotopic (exact) mass is 268 g/mol. The molecule has 1 aromatic carbocycles. The van der Waals surface area contributed by atoms with Crippen LogP contribution in [0.2, 0.25) is 0 Å². The second-order valence-electron chi connectivity index (χ2n) is 4.10. The maximum atomic E-state index is 5.91. The minimum atomic E-state index is 0.237. The molecule has 6 heteroatoms. The van der Waals surface area contributed by atoms with Crippen LogP contribution in [0, 0.1) is 0 Å². The maximum absolute atomic E-state index is 5.91. The maximum Gasteiger partial charge on any atom is 0.230 e. The number of rotatable bonds is 3. The first-order valence-electron chi connectivity index (χ1n) is 5.97. The summed E-state index contributed by atoms with van der Waals surface area (Å²) < 4.78 is 10.5. The van der Waals surface area contributed by atoms with Gasteiger partial charge in [-0.05, 0) is 12.1 Å². The number of para-hydroxylation sites is 1. The number of hydrogen-bond donors (Lipinski definition) is 1. The summed E-state index contributed by atoms with van der Waals surface area (Å²) in [5.41, 5.74) is 8.82. The highest BCUT2D eigenvalue weighted by atomic mass is 16.5. The van der Waals surface area contributed by atoms with Crippen molar-refractivity contribution in [1.29, 1.82) is 0 Å². The Morgan fingerprint density at radius 2 is 2.00 bits per heavy atom. The summed E-state index contributed by atoms with van der Waals surface area (Å²) in [6, 6.07) is 9.35. The highest BCUT2D eigenvalue weighted by Gasteiger charge is 2.20. The average molecular weight is 268 g/mol. The lowest BCUT2D eigenvalue weighted by atomic mass is 10.0. The number of methoxy groups -OCH3 is 1. The molecule has 0 radical (unpaired) electrons. The van der Waals surface area contributed by atoms with Crippen LogP contribution >= 0.6 is 0 Å². The van der Waals surface area contributed by atoms with Crippen molar-refractivity contribution in [1.82, 2.24) is 15.4 Å². The number of ether oxygens (including phenoxy) is 1. The molecule has 0 bridgehead atoms. The molecule has 2 aromatic heterocycles. The molecule has 6 nitrogen and oxygen atoms in total. The van der Waals surface area contributed by atoms with Crippen molar-refractivity contribution in [3.05, 3.63) is 42.7 Å². The summed E-state index contributed by atoms with van der Waals surface area (Å²) in [6.45, 7) is 0. The fourth-order valence-corrected chi connectivity index (χ4v) is 2.04. The lowest BCUT2D eigenvalue weighted by molar-refractivity contribution is 0.416. The Kier molecular flexibility index (Phi) is 3.04. The van der Waals surface area contributed by atoms with Crippen LogP contribution in [0.5, 0.6) is 5.75 Å². The van der Waals surface area contributed by atoms with Gasteiger partial charge >= 0.3 is 0 Å². The Bertz CT molecular complexity index is 725. The van der Waals surface area contributed by atoms with Gasteiger partial charge in [0.1, 0.15) is 11.4 Å². The van der Waals surface area contributed by atoms with Crippen molar-refractivity contribution in [3.8, 4) is 28.1 Å². The van der Waals surface area contributed by atoms with E-state index in [1.807, 2.05) is 24.3 Å². The van der Waals surface area contributed by atoms with Gasteiger partial charge in [-0.3, -0.25) is 0 Å². The first-order chi connectivity index (χ1) is 9.81. The molecule has 3 rings (SSSR count). The topological polar surface area (TPSA) is 87.1 Å². The summed E-state index contributed by atoms with van der Waals surface area (Å²) in [5, 5.41) is 11.6. The summed E-state index contributed by atoms with van der Waals surface area (Å²) >= 11 is 0. The highest BCUT2D eigenvalue weighted by Crippen LogP contribution is 2.40. The van der Waals surface area contributed by atoms with Gasteiger partial charge in [0.25, 0.3) is 0 Å². The predicted octanol–water partition coefficient (Wildman–Crippen LogP) is 2.39. The third-order valence-corrected chi connectivity index (χ3v) is 2.95. The summed E-state index contributed by atoms with van der Waals surface area (Å²) in [5.74, 6) is 0.937. The number of anilines is 1. The van der Waals surface area contributed by atoms with Crippen molar-refractivity contribution < 1.29 is 9.26 Å². The minimum Gasteiger partial charge on any atom is -0.496 e. The molecule has 0 aliphatic rings. The fourth-order valence-electron chi connectivity index (χ4n) is 2.04.